The molecule has 0 spiro atoms. The first-order valence-corrected chi connectivity index (χ1v) is 6.78. The number of thioether (sulfide) groups is 1. The van der Waals surface area contributed by atoms with Crippen LogP contribution in [0.5, 0.6) is 0 Å². The zero-order valence-electron chi connectivity index (χ0n) is 8.63. The molecule has 2 heterocycles. The lowest BCUT2D eigenvalue weighted by Gasteiger charge is -2.31. The van der Waals surface area contributed by atoms with E-state index in [0.717, 1.165) is 10.2 Å². The Labute approximate surface area is 102 Å². The summed E-state index contributed by atoms with van der Waals surface area (Å²) in [5, 5.41) is 0. The monoisotopic (exact) mass is 290 g/mol. The number of hydrazine groups is 1. The smallest absolute Gasteiger partial charge is 0.137 e. The largest absolute Gasteiger partial charge is 0.466 e. The first kappa shape index (κ1) is 11.5. The predicted molar refractivity (Wildman–Crippen MR) is 66.6 cm³/mol. The predicted octanol–water partition coefficient (Wildman–Crippen LogP) is 2.83. The van der Waals surface area contributed by atoms with Crippen LogP contribution >= 0.6 is 27.7 Å². The van der Waals surface area contributed by atoms with Crippen molar-refractivity contribution in [2.24, 2.45) is 5.84 Å². The van der Waals surface area contributed by atoms with E-state index in [1.54, 1.807) is 6.26 Å². The summed E-state index contributed by atoms with van der Waals surface area (Å²) in [6.07, 6.45) is 4.10. The van der Waals surface area contributed by atoms with E-state index < -0.39 is 0 Å². The lowest BCUT2D eigenvalue weighted by molar-refractivity contribution is 0.348. The molecule has 0 aliphatic carbocycles. The number of halogens is 1. The fourth-order valence-electron chi connectivity index (χ4n) is 2.07. The maximum atomic E-state index is 5.65. The Hall–Kier alpha value is 0.0300. The summed E-state index contributed by atoms with van der Waals surface area (Å²) >= 11 is 5.44. The van der Waals surface area contributed by atoms with Crippen molar-refractivity contribution in [3.05, 3.63) is 22.6 Å². The van der Waals surface area contributed by atoms with Gasteiger partial charge in [-0.3, -0.25) is 5.84 Å². The molecule has 2 rings (SSSR count). The molecule has 0 bridgehead atoms. The van der Waals surface area contributed by atoms with Crippen molar-refractivity contribution in [2.75, 3.05) is 5.75 Å². The Morgan fingerprint density at radius 1 is 1.73 bits per heavy atom. The van der Waals surface area contributed by atoms with Crippen molar-refractivity contribution in [1.29, 1.82) is 0 Å². The van der Waals surface area contributed by atoms with E-state index in [4.69, 9.17) is 10.3 Å². The highest BCUT2D eigenvalue weighted by Crippen LogP contribution is 2.47. The van der Waals surface area contributed by atoms with E-state index in [-0.39, 0.29) is 10.8 Å². The van der Waals surface area contributed by atoms with Crippen molar-refractivity contribution in [1.82, 2.24) is 5.43 Å². The van der Waals surface area contributed by atoms with Gasteiger partial charge in [-0.15, -0.1) is 0 Å². The van der Waals surface area contributed by atoms with Gasteiger partial charge in [0.1, 0.15) is 5.76 Å². The van der Waals surface area contributed by atoms with E-state index in [0.29, 0.717) is 0 Å². The molecule has 0 radical (unpaired) electrons. The lowest BCUT2D eigenvalue weighted by atomic mass is 9.95. The van der Waals surface area contributed by atoms with Gasteiger partial charge < -0.3 is 4.42 Å². The second-order valence-corrected chi connectivity index (χ2v) is 6.48. The highest BCUT2D eigenvalue weighted by molar-refractivity contribution is 9.10. The minimum Gasteiger partial charge on any atom is -0.466 e. The van der Waals surface area contributed by atoms with Gasteiger partial charge in [-0.2, -0.15) is 11.8 Å². The molecule has 3 nitrogen and oxygen atoms in total. The molecule has 5 heteroatoms. The summed E-state index contributed by atoms with van der Waals surface area (Å²) in [5.74, 6) is 7.75. The quantitative estimate of drug-likeness (QED) is 0.664. The Morgan fingerprint density at radius 2 is 2.53 bits per heavy atom. The van der Waals surface area contributed by atoms with Crippen molar-refractivity contribution in [3.8, 4) is 0 Å². The van der Waals surface area contributed by atoms with Crippen LogP contribution < -0.4 is 11.3 Å². The van der Waals surface area contributed by atoms with E-state index in [1.165, 1.54) is 18.6 Å². The zero-order chi connectivity index (χ0) is 10.9. The van der Waals surface area contributed by atoms with Gasteiger partial charge >= 0.3 is 0 Å². The molecule has 1 aliphatic heterocycles. The lowest BCUT2D eigenvalue weighted by Crippen LogP contribution is -2.41. The van der Waals surface area contributed by atoms with Crippen LogP contribution in [0, 0.1) is 0 Å². The fraction of sp³-hybridized carbons (Fsp3) is 0.600. The zero-order valence-corrected chi connectivity index (χ0v) is 11.0. The van der Waals surface area contributed by atoms with Crippen LogP contribution in [-0.2, 0) is 0 Å². The summed E-state index contributed by atoms with van der Waals surface area (Å²) < 4.78 is 6.61. The van der Waals surface area contributed by atoms with Crippen LogP contribution in [0.2, 0.25) is 0 Å². The second kappa shape index (κ2) is 4.49. The Bertz CT molecular complexity index is 336. The molecule has 2 unspecified atom stereocenters. The average molecular weight is 291 g/mol. The fourth-order valence-corrected chi connectivity index (χ4v) is 3.88. The summed E-state index contributed by atoms with van der Waals surface area (Å²) in [6.45, 7) is 2.24. The number of furan rings is 1. The first-order chi connectivity index (χ1) is 7.17. The average Bonchev–Trinajstić information content (AvgIpc) is 2.79. The second-order valence-electron chi connectivity index (χ2n) is 4.00. The van der Waals surface area contributed by atoms with Crippen LogP contribution in [-0.4, -0.2) is 10.5 Å². The Morgan fingerprint density at radius 3 is 3.00 bits per heavy atom. The molecule has 1 fully saturated rings. The summed E-state index contributed by atoms with van der Waals surface area (Å²) in [6, 6.07) is 1.97. The molecular weight excluding hydrogens is 276 g/mol. The molecule has 0 aromatic carbocycles. The molecule has 1 aromatic heterocycles. The molecule has 15 heavy (non-hydrogen) atoms. The standard InChI is InChI=1S/C10H15BrN2OS/c1-10(4-2-6-15-10)9(13-12)8-7(11)3-5-14-8/h3,5,9,13H,2,4,6,12H2,1H3. The van der Waals surface area contributed by atoms with Gasteiger partial charge in [0.05, 0.1) is 16.8 Å². The molecule has 2 atom stereocenters. The van der Waals surface area contributed by atoms with Gasteiger partial charge in [-0.05, 0) is 47.5 Å². The van der Waals surface area contributed by atoms with Crippen LogP contribution in [0.3, 0.4) is 0 Å². The number of nitrogens with two attached hydrogens (primary N) is 1. The molecule has 1 saturated heterocycles. The first-order valence-electron chi connectivity index (χ1n) is 5.00. The number of hydrogen-bond acceptors (Lipinski definition) is 4. The number of hydrogen-bond donors (Lipinski definition) is 2. The number of nitrogens with one attached hydrogen (secondary N) is 1. The van der Waals surface area contributed by atoms with Crippen molar-refractivity contribution in [3.63, 3.8) is 0 Å². The number of rotatable bonds is 3. The third-order valence-corrected chi connectivity index (χ3v) is 5.18. The molecule has 0 saturated carbocycles. The van der Waals surface area contributed by atoms with Crippen molar-refractivity contribution >= 4 is 27.7 Å². The third-order valence-electron chi connectivity index (χ3n) is 2.93. The summed E-state index contributed by atoms with van der Waals surface area (Å²) in [4.78, 5) is 0. The van der Waals surface area contributed by atoms with Crippen LogP contribution in [0.25, 0.3) is 0 Å². The maximum absolute atomic E-state index is 5.65. The summed E-state index contributed by atoms with van der Waals surface area (Å²) in [7, 11) is 0. The topological polar surface area (TPSA) is 51.2 Å². The van der Waals surface area contributed by atoms with Crippen LogP contribution in [0.4, 0.5) is 0 Å². The minimum absolute atomic E-state index is 0.0642. The molecule has 1 aromatic rings. The van der Waals surface area contributed by atoms with E-state index in [1.807, 2.05) is 17.8 Å². The van der Waals surface area contributed by atoms with Gasteiger partial charge in [0, 0.05) is 4.75 Å². The van der Waals surface area contributed by atoms with E-state index in [2.05, 4.69) is 28.3 Å². The van der Waals surface area contributed by atoms with Gasteiger partial charge in [-0.1, -0.05) is 0 Å². The minimum atomic E-state index is 0.0642. The highest BCUT2D eigenvalue weighted by atomic mass is 79.9. The molecule has 3 N–H and O–H groups in total. The van der Waals surface area contributed by atoms with Gasteiger partial charge in [-0.25, -0.2) is 5.43 Å². The van der Waals surface area contributed by atoms with E-state index >= 15 is 0 Å². The summed E-state index contributed by atoms with van der Waals surface area (Å²) in [5.41, 5.74) is 2.88. The third kappa shape index (κ3) is 2.11. The van der Waals surface area contributed by atoms with E-state index in [9.17, 15) is 0 Å². The normalized spacial score (nSPS) is 28.2. The molecule has 84 valence electrons. The van der Waals surface area contributed by atoms with Crippen molar-refractivity contribution in [2.45, 2.75) is 30.6 Å². The van der Waals surface area contributed by atoms with Crippen LogP contribution in [0.1, 0.15) is 31.6 Å². The molecule has 1 aliphatic rings. The van der Waals surface area contributed by atoms with Gasteiger partial charge in [0.2, 0.25) is 0 Å². The molecule has 0 amide bonds. The SMILES string of the molecule is CC1(C(NN)c2occc2Br)CCCS1. The van der Waals surface area contributed by atoms with Gasteiger partial charge in [0.25, 0.3) is 0 Å². The maximum Gasteiger partial charge on any atom is 0.137 e. The highest BCUT2D eigenvalue weighted by Gasteiger charge is 2.40. The van der Waals surface area contributed by atoms with Crippen molar-refractivity contribution < 1.29 is 4.42 Å². The van der Waals surface area contributed by atoms with Gasteiger partial charge in [0.15, 0.2) is 0 Å². The Kier molecular flexibility index (Phi) is 3.45. The molecular formula is C10H15BrN2OS. The van der Waals surface area contributed by atoms with Crippen LogP contribution in [0.15, 0.2) is 21.2 Å². The Balaban J connectivity index is 2.27.